The molecule has 1 amide bonds. The van der Waals surface area contributed by atoms with Crippen LogP contribution >= 0.6 is 31.9 Å². The van der Waals surface area contributed by atoms with Gasteiger partial charge in [-0.05, 0) is 67.8 Å². The molecule has 4 aromatic rings. The summed E-state index contributed by atoms with van der Waals surface area (Å²) in [5, 5.41) is 3.95. The van der Waals surface area contributed by atoms with Gasteiger partial charge in [-0.25, -0.2) is 4.98 Å². The van der Waals surface area contributed by atoms with E-state index in [2.05, 4.69) is 37.2 Å². The van der Waals surface area contributed by atoms with E-state index >= 15 is 0 Å². The van der Waals surface area contributed by atoms with Crippen LogP contribution in [0.5, 0.6) is 0 Å². The van der Waals surface area contributed by atoms with Crippen molar-refractivity contribution in [2.75, 3.05) is 5.32 Å². The molecule has 3 nitrogen and oxygen atoms in total. The average molecular weight is 524 g/mol. The Morgan fingerprint density at radius 2 is 1.50 bits per heavy atom. The smallest absolute Gasteiger partial charge is 0.256 e. The average Bonchev–Trinajstić information content (AvgIpc) is 2.70. The van der Waals surface area contributed by atoms with Crippen LogP contribution < -0.4 is 5.32 Å². The Balaban J connectivity index is 1.90. The van der Waals surface area contributed by atoms with Gasteiger partial charge in [0.2, 0.25) is 0 Å². The lowest BCUT2D eigenvalue weighted by Gasteiger charge is -2.15. The number of anilines is 1. The van der Waals surface area contributed by atoms with Crippen molar-refractivity contribution in [1.29, 1.82) is 0 Å². The number of benzene rings is 3. The molecule has 0 spiro atoms. The Morgan fingerprint density at radius 1 is 0.833 bits per heavy atom. The van der Waals surface area contributed by atoms with Gasteiger partial charge < -0.3 is 5.32 Å². The second-order valence-electron chi connectivity index (χ2n) is 7.40. The summed E-state index contributed by atoms with van der Waals surface area (Å²) in [6, 6.07) is 19.8. The van der Waals surface area contributed by atoms with Crippen molar-refractivity contribution < 1.29 is 4.79 Å². The third-order valence-corrected chi connectivity index (χ3v) is 6.16. The highest BCUT2D eigenvalue weighted by Gasteiger charge is 2.17. The first-order valence-corrected chi connectivity index (χ1v) is 11.2. The molecule has 150 valence electrons. The van der Waals surface area contributed by atoms with Gasteiger partial charge >= 0.3 is 0 Å². The Kier molecular flexibility index (Phi) is 5.76. The second kappa shape index (κ2) is 8.32. The van der Waals surface area contributed by atoms with Crippen LogP contribution in [0.1, 0.15) is 27.0 Å². The maximum atomic E-state index is 13.4. The van der Waals surface area contributed by atoms with Crippen LogP contribution in [-0.4, -0.2) is 10.9 Å². The lowest BCUT2D eigenvalue weighted by Crippen LogP contribution is -2.15. The minimum Gasteiger partial charge on any atom is -0.321 e. The van der Waals surface area contributed by atoms with Crippen LogP contribution in [-0.2, 0) is 0 Å². The van der Waals surface area contributed by atoms with Gasteiger partial charge in [0.1, 0.15) is 0 Å². The highest BCUT2D eigenvalue weighted by Crippen LogP contribution is 2.31. The number of carbonyl (C=O) groups excluding carboxylic acids is 1. The lowest BCUT2D eigenvalue weighted by atomic mass is 10.0. The van der Waals surface area contributed by atoms with Gasteiger partial charge in [0, 0.05) is 25.6 Å². The SMILES string of the molecule is Cc1cccc(C)c1NC(=O)c1cc(-c2ccc(Br)cc2)nc2c(C)cc(Br)cc12. The summed E-state index contributed by atoms with van der Waals surface area (Å²) in [4.78, 5) is 18.3. The molecule has 0 saturated heterocycles. The van der Waals surface area contributed by atoms with E-state index in [0.29, 0.717) is 5.56 Å². The minimum atomic E-state index is -0.143. The third-order valence-electron chi connectivity index (χ3n) is 5.17. The van der Waals surface area contributed by atoms with Gasteiger partial charge in [-0.3, -0.25) is 4.79 Å². The largest absolute Gasteiger partial charge is 0.321 e. The number of nitrogens with one attached hydrogen (secondary N) is 1. The number of halogens is 2. The van der Waals surface area contributed by atoms with E-state index in [4.69, 9.17) is 4.98 Å². The molecule has 1 aromatic heterocycles. The summed E-state index contributed by atoms with van der Waals surface area (Å²) in [7, 11) is 0. The van der Waals surface area contributed by atoms with Crippen molar-refractivity contribution in [2.45, 2.75) is 20.8 Å². The molecular weight excluding hydrogens is 504 g/mol. The molecule has 0 fully saturated rings. The summed E-state index contributed by atoms with van der Waals surface area (Å²) in [5.74, 6) is -0.143. The van der Waals surface area contributed by atoms with Crippen molar-refractivity contribution in [1.82, 2.24) is 4.98 Å². The van der Waals surface area contributed by atoms with Crippen molar-refractivity contribution in [2.24, 2.45) is 0 Å². The van der Waals surface area contributed by atoms with Gasteiger partial charge in [0.15, 0.2) is 0 Å². The topological polar surface area (TPSA) is 42.0 Å². The molecule has 3 aromatic carbocycles. The van der Waals surface area contributed by atoms with Crippen LogP contribution in [0.4, 0.5) is 5.69 Å². The first kappa shape index (κ1) is 20.8. The monoisotopic (exact) mass is 522 g/mol. The molecular formula is C25H20Br2N2O. The fraction of sp³-hybridized carbons (Fsp3) is 0.120. The number of amides is 1. The van der Waals surface area contributed by atoms with E-state index in [1.54, 1.807) is 0 Å². The predicted octanol–water partition coefficient (Wildman–Crippen LogP) is 7.60. The standard InChI is InChI=1S/C25H20Br2N2O/c1-14-5-4-6-15(2)23(14)29-25(30)21-13-22(17-7-9-18(26)10-8-17)28-24-16(3)11-19(27)12-20(21)24/h4-13H,1-3H3,(H,29,30). The molecule has 30 heavy (non-hydrogen) atoms. The van der Waals surface area contributed by atoms with E-state index in [1.807, 2.05) is 81.4 Å². The van der Waals surface area contributed by atoms with Crippen LogP contribution in [0.15, 0.2) is 69.6 Å². The van der Waals surface area contributed by atoms with Gasteiger partial charge in [-0.15, -0.1) is 0 Å². The van der Waals surface area contributed by atoms with Gasteiger partial charge in [0.05, 0.1) is 16.8 Å². The van der Waals surface area contributed by atoms with E-state index in [-0.39, 0.29) is 5.91 Å². The van der Waals surface area contributed by atoms with E-state index in [1.165, 1.54) is 0 Å². The highest BCUT2D eigenvalue weighted by atomic mass is 79.9. The molecule has 1 heterocycles. The number of nitrogens with zero attached hydrogens (tertiary/aromatic N) is 1. The molecule has 0 atom stereocenters. The maximum absolute atomic E-state index is 13.4. The Hall–Kier alpha value is -2.50. The van der Waals surface area contributed by atoms with Crippen molar-refractivity contribution in [3.05, 3.63) is 91.9 Å². The third kappa shape index (κ3) is 4.05. The van der Waals surface area contributed by atoms with E-state index < -0.39 is 0 Å². The molecule has 5 heteroatoms. The number of hydrogen-bond donors (Lipinski definition) is 1. The van der Waals surface area contributed by atoms with Gasteiger partial charge in [-0.2, -0.15) is 0 Å². The first-order valence-electron chi connectivity index (χ1n) is 9.58. The van der Waals surface area contributed by atoms with Crippen LogP contribution in [0.25, 0.3) is 22.2 Å². The highest BCUT2D eigenvalue weighted by molar-refractivity contribution is 9.10. The maximum Gasteiger partial charge on any atom is 0.256 e. The van der Waals surface area contributed by atoms with Gasteiger partial charge in [0.25, 0.3) is 5.91 Å². The summed E-state index contributed by atoms with van der Waals surface area (Å²) >= 11 is 7.04. The Morgan fingerprint density at radius 3 is 2.17 bits per heavy atom. The number of carbonyl (C=O) groups is 1. The molecule has 0 aliphatic rings. The van der Waals surface area contributed by atoms with Crippen molar-refractivity contribution in [3.8, 4) is 11.3 Å². The Bertz CT molecular complexity index is 1260. The summed E-state index contributed by atoms with van der Waals surface area (Å²) < 4.78 is 1.92. The molecule has 4 rings (SSSR count). The Labute approximate surface area is 192 Å². The summed E-state index contributed by atoms with van der Waals surface area (Å²) in [5.41, 5.74) is 7.09. The number of fused-ring (bicyclic) bond motifs is 1. The molecule has 0 bridgehead atoms. The second-order valence-corrected chi connectivity index (χ2v) is 9.23. The lowest BCUT2D eigenvalue weighted by molar-refractivity contribution is 0.102. The zero-order valence-electron chi connectivity index (χ0n) is 16.9. The van der Waals surface area contributed by atoms with Crippen LogP contribution in [0.2, 0.25) is 0 Å². The van der Waals surface area contributed by atoms with Crippen molar-refractivity contribution >= 4 is 54.4 Å². The van der Waals surface area contributed by atoms with E-state index in [9.17, 15) is 4.79 Å². The number of rotatable bonds is 3. The summed E-state index contributed by atoms with van der Waals surface area (Å²) in [6.45, 7) is 6.02. The van der Waals surface area contributed by atoms with Crippen LogP contribution in [0.3, 0.4) is 0 Å². The first-order chi connectivity index (χ1) is 14.3. The fourth-order valence-corrected chi connectivity index (χ4v) is 4.44. The normalized spacial score (nSPS) is 11.0. The van der Waals surface area contributed by atoms with Crippen molar-refractivity contribution in [3.63, 3.8) is 0 Å². The quantitative estimate of drug-likeness (QED) is 0.300. The molecule has 1 N–H and O–H groups in total. The summed E-state index contributed by atoms with van der Waals surface area (Å²) in [6.07, 6.45) is 0. The number of hydrogen-bond acceptors (Lipinski definition) is 2. The molecule has 0 radical (unpaired) electrons. The predicted molar refractivity (Wildman–Crippen MR) is 131 cm³/mol. The van der Waals surface area contributed by atoms with Gasteiger partial charge in [-0.1, -0.05) is 62.2 Å². The molecule has 0 aliphatic heterocycles. The zero-order chi connectivity index (χ0) is 21.4. The minimum absolute atomic E-state index is 0.143. The zero-order valence-corrected chi connectivity index (χ0v) is 20.1. The molecule has 0 unspecified atom stereocenters. The fourth-order valence-electron chi connectivity index (χ4n) is 3.61. The van der Waals surface area contributed by atoms with Crippen LogP contribution in [0, 0.1) is 20.8 Å². The molecule has 0 saturated carbocycles. The number of pyridine rings is 1. The number of aryl methyl sites for hydroxylation is 3. The van der Waals surface area contributed by atoms with E-state index in [0.717, 1.165) is 53.5 Å². The number of aromatic nitrogens is 1. The molecule has 0 aliphatic carbocycles. The number of para-hydroxylation sites is 1.